The normalized spacial score (nSPS) is 18.4. The zero-order valence-electron chi connectivity index (χ0n) is 14.2. The number of hydrogen-bond donors (Lipinski definition) is 1. The van der Waals surface area contributed by atoms with Crippen LogP contribution in [0.5, 0.6) is 11.5 Å². The molecule has 1 N–H and O–H groups in total. The summed E-state index contributed by atoms with van der Waals surface area (Å²) in [5.74, 6) is 2.31. The van der Waals surface area contributed by atoms with E-state index in [0.717, 1.165) is 36.1 Å². The van der Waals surface area contributed by atoms with Gasteiger partial charge in [-0.3, -0.25) is 4.79 Å². The molecule has 0 saturated heterocycles. The SMILES string of the molecule is CCOc1cccc2c1OCC(C(=O)NC1CCCc3occc31)=C2. The number of rotatable bonds is 4. The minimum Gasteiger partial charge on any atom is -0.490 e. The average molecular weight is 339 g/mol. The zero-order valence-corrected chi connectivity index (χ0v) is 14.2. The van der Waals surface area contributed by atoms with Gasteiger partial charge in [-0.1, -0.05) is 12.1 Å². The van der Waals surface area contributed by atoms with Crippen LogP contribution in [0.4, 0.5) is 0 Å². The summed E-state index contributed by atoms with van der Waals surface area (Å²) in [7, 11) is 0. The fourth-order valence-corrected chi connectivity index (χ4v) is 3.47. The molecule has 0 bridgehead atoms. The number of fused-ring (bicyclic) bond motifs is 2. The highest BCUT2D eigenvalue weighted by Crippen LogP contribution is 2.36. The smallest absolute Gasteiger partial charge is 0.251 e. The van der Waals surface area contributed by atoms with Crippen molar-refractivity contribution >= 4 is 12.0 Å². The van der Waals surface area contributed by atoms with E-state index in [2.05, 4.69) is 5.32 Å². The number of nitrogens with one attached hydrogen (secondary N) is 1. The van der Waals surface area contributed by atoms with E-state index in [-0.39, 0.29) is 18.6 Å². The van der Waals surface area contributed by atoms with Crippen molar-refractivity contribution in [2.75, 3.05) is 13.2 Å². The molecule has 0 fully saturated rings. The van der Waals surface area contributed by atoms with Gasteiger partial charge in [0.2, 0.25) is 0 Å². The van der Waals surface area contributed by atoms with E-state index in [1.165, 1.54) is 0 Å². The first-order valence-corrected chi connectivity index (χ1v) is 8.72. The van der Waals surface area contributed by atoms with Gasteiger partial charge in [-0.15, -0.1) is 0 Å². The molecule has 2 aromatic rings. The Bertz CT molecular complexity index is 821. The van der Waals surface area contributed by atoms with Crippen LogP contribution in [0, 0.1) is 0 Å². The lowest BCUT2D eigenvalue weighted by atomic mass is 9.93. The molecule has 4 rings (SSSR count). The molecule has 130 valence electrons. The summed E-state index contributed by atoms with van der Waals surface area (Å²) in [4.78, 5) is 12.7. The topological polar surface area (TPSA) is 60.7 Å². The van der Waals surface area contributed by atoms with E-state index < -0.39 is 0 Å². The molecule has 1 aliphatic heterocycles. The molecule has 5 heteroatoms. The van der Waals surface area contributed by atoms with Gasteiger partial charge in [0, 0.05) is 17.5 Å². The number of carbonyl (C=O) groups is 1. The number of benzene rings is 1. The lowest BCUT2D eigenvalue weighted by molar-refractivity contribution is -0.118. The Labute approximate surface area is 146 Å². The van der Waals surface area contributed by atoms with Gasteiger partial charge >= 0.3 is 0 Å². The van der Waals surface area contributed by atoms with E-state index >= 15 is 0 Å². The molecule has 25 heavy (non-hydrogen) atoms. The Kier molecular flexibility index (Phi) is 4.22. The molecule has 0 spiro atoms. The zero-order chi connectivity index (χ0) is 17.2. The summed E-state index contributed by atoms with van der Waals surface area (Å²) < 4.78 is 16.9. The first kappa shape index (κ1) is 15.8. The highest BCUT2D eigenvalue weighted by atomic mass is 16.5. The molecule has 2 aliphatic rings. The molecular weight excluding hydrogens is 318 g/mol. The first-order valence-electron chi connectivity index (χ1n) is 8.72. The van der Waals surface area contributed by atoms with E-state index in [0.29, 0.717) is 23.7 Å². The number of carbonyl (C=O) groups excluding carboxylic acids is 1. The second-order valence-electron chi connectivity index (χ2n) is 6.28. The molecule has 5 nitrogen and oxygen atoms in total. The third-order valence-corrected chi connectivity index (χ3v) is 4.66. The molecular formula is C20H21NO4. The third-order valence-electron chi connectivity index (χ3n) is 4.66. The predicted octanol–water partition coefficient (Wildman–Crippen LogP) is 3.65. The van der Waals surface area contributed by atoms with Crippen LogP contribution in [0.2, 0.25) is 0 Å². The minimum atomic E-state index is -0.0912. The maximum Gasteiger partial charge on any atom is 0.251 e. The highest BCUT2D eigenvalue weighted by Gasteiger charge is 2.26. The van der Waals surface area contributed by atoms with Crippen LogP contribution in [0.1, 0.15) is 42.7 Å². The molecule has 0 radical (unpaired) electrons. The number of furan rings is 1. The third kappa shape index (κ3) is 3.02. The van der Waals surface area contributed by atoms with Crippen LogP contribution in [0.15, 0.2) is 40.5 Å². The number of ether oxygens (including phenoxy) is 2. The van der Waals surface area contributed by atoms with Crippen molar-refractivity contribution in [1.29, 1.82) is 0 Å². The van der Waals surface area contributed by atoms with E-state index in [9.17, 15) is 4.79 Å². The van der Waals surface area contributed by atoms with Crippen LogP contribution in [-0.4, -0.2) is 19.1 Å². The molecule has 0 saturated carbocycles. The molecule has 1 unspecified atom stereocenters. The van der Waals surface area contributed by atoms with Gasteiger partial charge in [0.25, 0.3) is 5.91 Å². The first-order chi connectivity index (χ1) is 12.3. The van der Waals surface area contributed by atoms with Crippen molar-refractivity contribution in [3.8, 4) is 11.5 Å². The number of para-hydroxylation sites is 1. The van der Waals surface area contributed by atoms with Crippen molar-refractivity contribution in [3.63, 3.8) is 0 Å². The van der Waals surface area contributed by atoms with Gasteiger partial charge in [-0.05, 0) is 38.0 Å². The van der Waals surface area contributed by atoms with Crippen molar-refractivity contribution in [2.24, 2.45) is 0 Å². The van der Waals surface area contributed by atoms with E-state index in [1.54, 1.807) is 6.26 Å². The number of hydrogen-bond acceptors (Lipinski definition) is 4. The average Bonchev–Trinajstić information content (AvgIpc) is 3.11. The van der Waals surface area contributed by atoms with Crippen LogP contribution < -0.4 is 14.8 Å². The van der Waals surface area contributed by atoms with Gasteiger partial charge in [0.1, 0.15) is 12.4 Å². The molecule has 2 heterocycles. The fraction of sp³-hybridized carbons (Fsp3) is 0.350. The van der Waals surface area contributed by atoms with E-state index in [4.69, 9.17) is 13.9 Å². The molecule has 1 aromatic heterocycles. The minimum absolute atomic E-state index is 0.00653. The lowest BCUT2D eigenvalue weighted by Crippen LogP contribution is -2.33. The van der Waals surface area contributed by atoms with Gasteiger partial charge in [0.15, 0.2) is 11.5 Å². The summed E-state index contributed by atoms with van der Waals surface area (Å²) >= 11 is 0. The van der Waals surface area contributed by atoms with Crippen molar-refractivity contribution in [1.82, 2.24) is 5.32 Å². The van der Waals surface area contributed by atoms with Gasteiger partial charge in [-0.2, -0.15) is 0 Å². The highest BCUT2D eigenvalue weighted by molar-refractivity contribution is 5.99. The van der Waals surface area contributed by atoms with Gasteiger partial charge in [-0.25, -0.2) is 0 Å². The number of aryl methyl sites for hydroxylation is 1. The Balaban J connectivity index is 1.53. The number of amides is 1. The summed E-state index contributed by atoms with van der Waals surface area (Å²) in [5, 5.41) is 3.12. The Morgan fingerprint density at radius 2 is 2.28 bits per heavy atom. The lowest BCUT2D eigenvalue weighted by Gasteiger charge is -2.25. The molecule has 1 amide bonds. The van der Waals surface area contributed by atoms with Crippen molar-refractivity contribution < 1.29 is 18.7 Å². The monoisotopic (exact) mass is 339 g/mol. The molecule has 1 aliphatic carbocycles. The van der Waals surface area contributed by atoms with Crippen LogP contribution in [0.25, 0.3) is 6.08 Å². The van der Waals surface area contributed by atoms with Gasteiger partial charge < -0.3 is 19.2 Å². The fourth-order valence-electron chi connectivity index (χ4n) is 3.47. The maximum absolute atomic E-state index is 12.7. The summed E-state index contributed by atoms with van der Waals surface area (Å²) in [6, 6.07) is 7.67. The molecule has 1 aromatic carbocycles. The van der Waals surface area contributed by atoms with Crippen LogP contribution in [-0.2, 0) is 11.2 Å². The molecule has 1 atom stereocenters. The predicted molar refractivity (Wildman–Crippen MR) is 93.6 cm³/mol. The second kappa shape index (κ2) is 6.67. The van der Waals surface area contributed by atoms with Crippen LogP contribution in [0.3, 0.4) is 0 Å². The van der Waals surface area contributed by atoms with Crippen molar-refractivity contribution in [2.45, 2.75) is 32.2 Å². The van der Waals surface area contributed by atoms with Crippen LogP contribution >= 0.6 is 0 Å². The summed E-state index contributed by atoms with van der Waals surface area (Å²) in [6.07, 6.45) is 6.46. The van der Waals surface area contributed by atoms with Gasteiger partial charge in [0.05, 0.1) is 24.5 Å². The quantitative estimate of drug-likeness (QED) is 0.924. The Hall–Kier alpha value is -2.69. The van der Waals surface area contributed by atoms with E-state index in [1.807, 2.05) is 37.3 Å². The Morgan fingerprint density at radius 1 is 1.36 bits per heavy atom. The largest absolute Gasteiger partial charge is 0.490 e. The Morgan fingerprint density at radius 3 is 3.16 bits per heavy atom. The van der Waals surface area contributed by atoms with Crippen molar-refractivity contribution in [3.05, 3.63) is 53.0 Å². The second-order valence-corrected chi connectivity index (χ2v) is 6.28. The maximum atomic E-state index is 12.7. The summed E-state index contributed by atoms with van der Waals surface area (Å²) in [5.41, 5.74) is 2.59. The standard InChI is InChI=1S/C20H21NO4/c1-2-23-18-8-3-5-13-11-14(12-25-19(13)18)20(22)21-16-6-4-7-17-15(16)9-10-24-17/h3,5,8-11,16H,2,4,6-7,12H2,1H3,(H,21,22). The summed E-state index contributed by atoms with van der Waals surface area (Å²) in [6.45, 7) is 2.75.